The molecule has 248 valence electrons. The van der Waals surface area contributed by atoms with Gasteiger partial charge in [-0.05, 0) is 73.4 Å². The van der Waals surface area contributed by atoms with Gasteiger partial charge in [0.2, 0.25) is 10.0 Å². The highest BCUT2D eigenvalue weighted by atomic mass is 35.5. The van der Waals surface area contributed by atoms with Crippen LogP contribution in [0.15, 0.2) is 48.8 Å². The SMILES string of the molecule is CS(=O)(=O)Nc1ccc(C(=O)OCC(c2ccc(OC(F)F)c(OCC3CC3)c2)c2c(OCl)cncc2OCl)cc1OCC1CC1. The van der Waals surface area contributed by atoms with Gasteiger partial charge in [-0.2, -0.15) is 8.78 Å². The van der Waals surface area contributed by atoms with Crippen LogP contribution in [0.25, 0.3) is 0 Å². The zero-order valence-corrected chi connectivity index (χ0v) is 26.7. The molecule has 0 spiro atoms. The van der Waals surface area contributed by atoms with Crippen LogP contribution in [0.5, 0.6) is 28.7 Å². The summed E-state index contributed by atoms with van der Waals surface area (Å²) >= 11 is 11.5. The number of halogens is 4. The van der Waals surface area contributed by atoms with Crippen molar-refractivity contribution in [3.8, 4) is 28.7 Å². The molecule has 5 rings (SSSR count). The number of sulfonamides is 1. The van der Waals surface area contributed by atoms with Crippen LogP contribution in [-0.4, -0.2) is 52.1 Å². The van der Waals surface area contributed by atoms with E-state index in [0.29, 0.717) is 30.6 Å². The van der Waals surface area contributed by atoms with E-state index >= 15 is 0 Å². The van der Waals surface area contributed by atoms with E-state index in [4.69, 9.17) is 46.5 Å². The van der Waals surface area contributed by atoms with Gasteiger partial charge in [0, 0.05) is 0 Å². The van der Waals surface area contributed by atoms with Crippen molar-refractivity contribution >= 4 is 45.4 Å². The number of aromatic nitrogens is 1. The molecule has 1 atom stereocenters. The van der Waals surface area contributed by atoms with Crippen molar-refractivity contribution in [1.82, 2.24) is 4.98 Å². The first kappa shape index (κ1) is 33.6. The van der Waals surface area contributed by atoms with Crippen molar-refractivity contribution in [3.05, 3.63) is 65.5 Å². The van der Waals surface area contributed by atoms with Crippen LogP contribution >= 0.6 is 23.7 Å². The highest BCUT2D eigenvalue weighted by Gasteiger charge is 2.29. The van der Waals surface area contributed by atoms with Crippen LogP contribution in [0.2, 0.25) is 0 Å². The summed E-state index contributed by atoms with van der Waals surface area (Å²) in [5.74, 6) is -0.888. The van der Waals surface area contributed by atoms with Crippen molar-refractivity contribution in [1.29, 1.82) is 0 Å². The number of carbonyl (C=O) groups excluding carboxylic acids is 1. The standard InChI is InChI=1S/C30H30Cl2F2N2O9S/c1-46(38,39)36-22-8-6-20(11-24(22)40-14-17-2-3-17)29(37)42-16-21(28-26(44-31)12-35-13-27(28)45-32)19-7-9-23(43-30(33)34)25(10-19)41-15-18-4-5-18/h6-13,17-18,21,30,36H,2-5,14-16H2,1H3. The molecule has 2 fully saturated rings. The van der Waals surface area contributed by atoms with Crippen LogP contribution in [-0.2, 0) is 14.8 Å². The van der Waals surface area contributed by atoms with Crippen molar-refractivity contribution in [3.63, 3.8) is 0 Å². The van der Waals surface area contributed by atoms with Crippen molar-refractivity contribution in [2.75, 3.05) is 30.8 Å². The maximum Gasteiger partial charge on any atom is 0.387 e. The van der Waals surface area contributed by atoms with Gasteiger partial charge >= 0.3 is 12.6 Å². The first-order valence-electron chi connectivity index (χ1n) is 14.2. The zero-order valence-electron chi connectivity index (χ0n) is 24.4. The lowest BCUT2D eigenvalue weighted by molar-refractivity contribution is -0.0515. The fourth-order valence-electron chi connectivity index (χ4n) is 4.57. The zero-order chi connectivity index (χ0) is 32.8. The van der Waals surface area contributed by atoms with Crippen LogP contribution in [0.3, 0.4) is 0 Å². The Morgan fingerprint density at radius 3 is 2.11 bits per heavy atom. The first-order valence-corrected chi connectivity index (χ1v) is 16.7. The summed E-state index contributed by atoms with van der Waals surface area (Å²) in [6, 6.07) is 8.49. The summed E-state index contributed by atoms with van der Waals surface area (Å²) in [5, 5.41) is 0. The van der Waals surface area contributed by atoms with E-state index in [-0.39, 0.29) is 52.2 Å². The third kappa shape index (κ3) is 9.17. The molecular weight excluding hydrogens is 673 g/mol. The Morgan fingerprint density at radius 1 is 0.913 bits per heavy atom. The van der Waals surface area contributed by atoms with Gasteiger partial charge in [-0.25, -0.2) is 13.2 Å². The smallest absolute Gasteiger partial charge is 0.387 e. The third-order valence-corrected chi connectivity index (χ3v) is 8.18. The Hall–Kier alpha value is -3.75. The predicted octanol–water partition coefficient (Wildman–Crippen LogP) is 6.69. The van der Waals surface area contributed by atoms with E-state index in [0.717, 1.165) is 31.9 Å². The lowest BCUT2D eigenvalue weighted by Gasteiger charge is -2.22. The number of carbonyl (C=O) groups is 1. The predicted molar refractivity (Wildman–Crippen MR) is 164 cm³/mol. The molecule has 0 aliphatic heterocycles. The molecule has 2 aliphatic carbocycles. The number of esters is 1. The highest BCUT2D eigenvalue weighted by molar-refractivity contribution is 7.92. The second-order valence-corrected chi connectivity index (χ2v) is 13.1. The van der Waals surface area contributed by atoms with Crippen molar-refractivity contribution in [2.24, 2.45) is 11.8 Å². The summed E-state index contributed by atoms with van der Waals surface area (Å²) < 4.78 is 84.6. The summed E-state index contributed by atoms with van der Waals surface area (Å²) in [6.45, 7) is -2.77. The fraction of sp³-hybridized carbons (Fsp3) is 0.400. The maximum atomic E-state index is 13.4. The van der Waals surface area contributed by atoms with Crippen LogP contribution in [0, 0.1) is 11.8 Å². The van der Waals surface area contributed by atoms with Gasteiger partial charge in [0.25, 0.3) is 0 Å². The van der Waals surface area contributed by atoms with Gasteiger partial charge < -0.3 is 27.5 Å². The number of rotatable bonds is 17. The number of alkyl halides is 2. The number of hydrogen-bond acceptors (Lipinski definition) is 10. The molecule has 3 aromatic rings. The number of hydrogen-bond donors (Lipinski definition) is 1. The van der Waals surface area contributed by atoms with Gasteiger partial charge in [-0.1, -0.05) is 6.07 Å². The third-order valence-electron chi connectivity index (χ3n) is 7.25. The van der Waals surface area contributed by atoms with E-state index in [2.05, 4.69) is 14.4 Å². The Morgan fingerprint density at radius 2 is 1.54 bits per heavy atom. The van der Waals surface area contributed by atoms with Crippen LogP contribution < -0.4 is 27.5 Å². The summed E-state index contributed by atoms with van der Waals surface area (Å²) in [4.78, 5) is 17.4. The van der Waals surface area contributed by atoms with Gasteiger partial charge in [0.15, 0.2) is 23.0 Å². The molecule has 16 heteroatoms. The molecule has 1 heterocycles. The number of anilines is 1. The average molecular weight is 704 g/mol. The fourth-order valence-corrected chi connectivity index (χ4v) is 5.39. The average Bonchev–Trinajstić information content (AvgIpc) is 3.95. The molecule has 11 nitrogen and oxygen atoms in total. The van der Waals surface area contributed by atoms with Gasteiger partial charge in [0.1, 0.15) is 36.1 Å². The molecule has 46 heavy (non-hydrogen) atoms. The first-order chi connectivity index (χ1) is 22.0. The minimum absolute atomic E-state index is 0.0289. The largest absolute Gasteiger partial charge is 0.491 e. The number of pyridine rings is 1. The number of nitrogens with zero attached hydrogens (tertiary/aromatic N) is 1. The monoisotopic (exact) mass is 702 g/mol. The number of benzene rings is 2. The van der Waals surface area contributed by atoms with E-state index in [1.807, 2.05) is 0 Å². The summed E-state index contributed by atoms with van der Waals surface area (Å²) in [6.07, 6.45) is 7.52. The van der Waals surface area contributed by atoms with Crippen LogP contribution in [0.4, 0.5) is 14.5 Å². The highest BCUT2D eigenvalue weighted by Crippen LogP contribution is 2.43. The van der Waals surface area contributed by atoms with E-state index in [9.17, 15) is 22.0 Å². The molecule has 0 radical (unpaired) electrons. The lowest BCUT2D eigenvalue weighted by Crippen LogP contribution is -2.17. The molecule has 2 saturated carbocycles. The number of ether oxygens (including phenoxy) is 4. The van der Waals surface area contributed by atoms with Gasteiger partial charge in [-0.3, -0.25) is 9.71 Å². The van der Waals surface area contributed by atoms with E-state index in [1.54, 1.807) is 0 Å². The minimum atomic E-state index is -3.63. The van der Waals surface area contributed by atoms with Crippen molar-refractivity contribution < 1.29 is 49.5 Å². The molecular formula is C30H30Cl2F2N2O9S. The van der Waals surface area contributed by atoms with Gasteiger partial charge in [0.05, 0.1) is 54.6 Å². The van der Waals surface area contributed by atoms with E-state index in [1.165, 1.54) is 48.8 Å². The molecule has 1 N–H and O–H groups in total. The molecule has 0 bridgehead atoms. The topological polar surface area (TPSA) is 132 Å². The lowest BCUT2D eigenvalue weighted by atomic mass is 9.91. The summed E-state index contributed by atoms with van der Waals surface area (Å²) in [7, 11) is -3.63. The van der Waals surface area contributed by atoms with Gasteiger partial charge in [-0.15, -0.1) is 0 Å². The molecule has 1 unspecified atom stereocenters. The second kappa shape index (κ2) is 14.8. The molecule has 1 aromatic heterocycles. The van der Waals surface area contributed by atoms with Crippen molar-refractivity contribution in [2.45, 2.75) is 38.2 Å². The van der Waals surface area contributed by atoms with E-state index < -0.39 is 28.5 Å². The molecule has 2 aromatic carbocycles. The Kier molecular flexibility index (Phi) is 10.8. The van der Waals surface area contributed by atoms with Crippen LogP contribution in [0.1, 0.15) is 53.1 Å². The molecule has 0 amide bonds. The molecule has 0 saturated heterocycles. The second-order valence-electron chi connectivity index (χ2n) is 11.0. The Balaban J connectivity index is 1.46. The maximum absolute atomic E-state index is 13.4. The Bertz CT molecular complexity index is 1640. The number of nitrogens with one attached hydrogen (secondary N) is 1. The molecule has 2 aliphatic rings. The quantitative estimate of drug-likeness (QED) is 0.152. The Labute approximate surface area is 274 Å². The summed E-state index contributed by atoms with van der Waals surface area (Å²) in [5.41, 5.74) is 0.921. The normalized spacial score (nSPS) is 15.2. The minimum Gasteiger partial charge on any atom is -0.491 e.